The van der Waals surface area contributed by atoms with Crippen molar-refractivity contribution in [3.63, 3.8) is 0 Å². The Morgan fingerprint density at radius 3 is 2.64 bits per heavy atom. The lowest BCUT2D eigenvalue weighted by atomic mass is 9.70. The fourth-order valence-electron chi connectivity index (χ4n) is 4.13. The van der Waals surface area contributed by atoms with Crippen molar-refractivity contribution in [2.24, 2.45) is 5.92 Å². The number of aromatic nitrogens is 1. The predicted molar refractivity (Wildman–Crippen MR) is 98.8 cm³/mol. The van der Waals surface area contributed by atoms with Crippen molar-refractivity contribution in [2.45, 2.75) is 31.6 Å². The third-order valence-electron chi connectivity index (χ3n) is 5.64. The number of hydrogen-bond donors (Lipinski definition) is 0. The number of nitrogens with zero attached hydrogens (tertiary/aromatic N) is 2. The van der Waals surface area contributed by atoms with Gasteiger partial charge in [0.25, 0.3) is 0 Å². The Labute approximate surface area is 152 Å². The first-order valence-corrected chi connectivity index (χ1v) is 9.92. The van der Waals surface area contributed by atoms with Crippen LogP contribution in [0.1, 0.15) is 35.5 Å². The normalized spacial score (nSPS) is 22.9. The van der Waals surface area contributed by atoms with E-state index in [1.165, 1.54) is 5.56 Å². The van der Waals surface area contributed by atoms with E-state index in [1.54, 1.807) is 11.3 Å². The maximum Gasteiger partial charge on any atom is 0.228 e. The van der Waals surface area contributed by atoms with Gasteiger partial charge in [0.15, 0.2) is 0 Å². The molecule has 1 atom stereocenters. The first-order chi connectivity index (χ1) is 12.2. The maximum atomic E-state index is 12.7. The lowest BCUT2D eigenvalue weighted by Crippen LogP contribution is -2.47. The minimum atomic E-state index is -0.0744. The van der Waals surface area contributed by atoms with Gasteiger partial charge in [0.1, 0.15) is 0 Å². The first kappa shape index (κ1) is 16.7. The van der Waals surface area contributed by atoms with Crippen molar-refractivity contribution < 1.29 is 9.53 Å². The molecule has 2 aromatic rings. The van der Waals surface area contributed by atoms with Gasteiger partial charge in [-0.2, -0.15) is 0 Å². The van der Waals surface area contributed by atoms with Gasteiger partial charge in [-0.25, -0.2) is 4.98 Å². The monoisotopic (exact) mass is 356 g/mol. The van der Waals surface area contributed by atoms with Gasteiger partial charge in [-0.05, 0) is 31.7 Å². The van der Waals surface area contributed by atoms with Crippen molar-refractivity contribution in [3.05, 3.63) is 52.0 Å². The van der Waals surface area contributed by atoms with Crippen LogP contribution in [0.15, 0.2) is 35.7 Å². The number of piperidine rings is 1. The second kappa shape index (κ2) is 6.89. The molecule has 1 aromatic carbocycles. The standard InChI is InChI=1S/C20H24N2O2S/c1-15-21-18(14-25-15)20(17-5-3-2-4-6-17)8-10-22(11-9-20)19(23)16-7-12-24-13-16/h2-6,14,16H,7-13H2,1H3. The molecule has 2 fully saturated rings. The van der Waals surface area contributed by atoms with Crippen LogP contribution in [0.5, 0.6) is 0 Å². The van der Waals surface area contributed by atoms with Gasteiger partial charge in [-0.3, -0.25) is 4.79 Å². The van der Waals surface area contributed by atoms with E-state index in [9.17, 15) is 4.79 Å². The molecule has 5 heteroatoms. The molecule has 2 saturated heterocycles. The summed E-state index contributed by atoms with van der Waals surface area (Å²) in [6.07, 6.45) is 2.73. The Morgan fingerprint density at radius 2 is 2.04 bits per heavy atom. The van der Waals surface area contributed by atoms with Crippen LogP contribution in [-0.4, -0.2) is 42.1 Å². The number of carbonyl (C=O) groups is 1. The number of likely N-dealkylation sites (tertiary alicyclic amines) is 1. The molecule has 132 valence electrons. The first-order valence-electron chi connectivity index (χ1n) is 9.04. The fourth-order valence-corrected chi connectivity index (χ4v) is 4.84. The van der Waals surface area contributed by atoms with E-state index < -0.39 is 0 Å². The maximum absolute atomic E-state index is 12.7. The molecule has 1 unspecified atom stereocenters. The molecule has 0 N–H and O–H groups in total. The van der Waals surface area contributed by atoms with Crippen molar-refractivity contribution in [1.82, 2.24) is 9.88 Å². The molecule has 1 aromatic heterocycles. The van der Waals surface area contributed by atoms with Crippen LogP contribution >= 0.6 is 11.3 Å². The van der Waals surface area contributed by atoms with Crippen molar-refractivity contribution in [1.29, 1.82) is 0 Å². The zero-order chi connectivity index (χ0) is 17.3. The molecule has 3 heterocycles. The molecular weight excluding hydrogens is 332 g/mol. The average Bonchev–Trinajstić information content (AvgIpc) is 3.34. The van der Waals surface area contributed by atoms with Gasteiger partial charge in [0.2, 0.25) is 5.91 Å². The summed E-state index contributed by atoms with van der Waals surface area (Å²) in [6, 6.07) is 10.7. The molecule has 4 rings (SSSR count). The van der Waals surface area contributed by atoms with Crippen molar-refractivity contribution in [2.75, 3.05) is 26.3 Å². The Morgan fingerprint density at radius 1 is 1.28 bits per heavy atom. The highest BCUT2D eigenvalue weighted by molar-refractivity contribution is 7.09. The SMILES string of the molecule is Cc1nc(C2(c3ccccc3)CCN(C(=O)C3CCOC3)CC2)cs1. The number of carbonyl (C=O) groups excluding carboxylic acids is 1. The second-order valence-electron chi connectivity index (χ2n) is 7.09. The minimum absolute atomic E-state index is 0.0609. The highest BCUT2D eigenvalue weighted by Crippen LogP contribution is 2.42. The Balaban J connectivity index is 1.58. The molecule has 0 radical (unpaired) electrons. The number of hydrogen-bond acceptors (Lipinski definition) is 4. The number of ether oxygens (including phenoxy) is 1. The number of amides is 1. The summed E-state index contributed by atoms with van der Waals surface area (Å²) >= 11 is 1.71. The Bertz CT molecular complexity index is 729. The highest BCUT2D eigenvalue weighted by atomic mass is 32.1. The van der Waals surface area contributed by atoms with Gasteiger partial charge in [0, 0.05) is 30.5 Å². The van der Waals surface area contributed by atoms with Crippen LogP contribution < -0.4 is 0 Å². The van der Waals surface area contributed by atoms with E-state index in [-0.39, 0.29) is 17.2 Å². The topological polar surface area (TPSA) is 42.4 Å². The van der Waals surface area contributed by atoms with Gasteiger partial charge < -0.3 is 9.64 Å². The Hall–Kier alpha value is -1.72. The average molecular weight is 356 g/mol. The van der Waals surface area contributed by atoms with Crippen LogP contribution in [0.25, 0.3) is 0 Å². The molecular formula is C20H24N2O2S. The van der Waals surface area contributed by atoms with E-state index in [0.717, 1.165) is 49.7 Å². The van der Waals surface area contributed by atoms with Gasteiger partial charge in [-0.1, -0.05) is 30.3 Å². The zero-order valence-electron chi connectivity index (χ0n) is 14.6. The highest BCUT2D eigenvalue weighted by Gasteiger charge is 2.41. The summed E-state index contributed by atoms with van der Waals surface area (Å²) in [5.74, 6) is 0.333. The third-order valence-corrected chi connectivity index (χ3v) is 6.42. The van der Waals surface area contributed by atoms with E-state index in [4.69, 9.17) is 9.72 Å². The lowest BCUT2D eigenvalue weighted by molar-refractivity contribution is -0.137. The Kier molecular flexibility index (Phi) is 4.61. The summed E-state index contributed by atoms with van der Waals surface area (Å²) in [6.45, 7) is 4.95. The molecule has 0 aliphatic carbocycles. The molecule has 0 spiro atoms. The van der Waals surface area contributed by atoms with Gasteiger partial charge >= 0.3 is 0 Å². The molecule has 1 amide bonds. The lowest BCUT2D eigenvalue weighted by Gasteiger charge is -2.42. The predicted octanol–water partition coefficient (Wildman–Crippen LogP) is 3.40. The van der Waals surface area contributed by atoms with Crippen LogP contribution in [0.2, 0.25) is 0 Å². The van der Waals surface area contributed by atoms with Crippen LogP contribution in [-0.2, 0) is 14.9 Å². The third kappa shape index (κ3) is 3.11. The van der Waals surface area contributed by atoms with E-state index in [0.29, 0.717) is 6.61 Å². The minimum Gasteiger partial charge on any atom is -0.381 e. The molecule has 0 bridgehead atoms. The summed E-state index contributed by atoms with van der Waals surface area (Å²) in [5.41, 5.74) is 2.41. The zero-order valence-corrected chi connectivity index (χ0v) is 15.4. The van der Waals surface area contributed by atoms with Gasteiger partial charge in [-0.15, -0.1) is 11.3 Å². The summed E-state index contributed by atoms with van der Waals surface area (Å²) in [5, 5.41) is 3.30. The summed E-state index contributed by atoms with van der Waals surface area (Å²) in [4.78, 5) is 19.6. The summed E-state index contributed by atoms with van der Waals surface area (Å²) < 4.78 is 5.40. The molecule has 0 saturated carbocycles. The van der Waals surface area contributed by atoms with Crippen molar-refractivity contribution >= 4 is 17.2 Å². The molecule has 4 nitrogen and oxygen atoms in total. The summed E-state index contributed by atoms with van der Waals surface area (Å²) in [7, 11) is 0. The number of aryl methyl sites for hydroxylation is 1. The van der Waals surface area contributed by atoms with Crippen LogP contribution in [0.4, 0.5) is 0 Å². The van der Waals surface area contributed by atoms with E-state index >= 15 is 0 Å². The van der Waals surface area contributed by atoms with E-state index in [2.05, 4.69) is 42.6 Å². The van der Waals surface area contributed by atoms with E-state index in [1.807, 2.05) is 4.90 Å². The molecule has 25 heavy (non-hydrogen) atoms. The van der Waals surface area contributed by atoms with Gasteiger partial charge in [0.05, 0.1) is 23.2 Å². The number of benzene rings is 1. The van der Waals surface area contributed by atoms with Crippen LogP contribution in [0.3, 0.4) is 0 Å². The number of thiazole rings is 1. The molecule has 2 aliphatic rings. The smallest absolute Gasteiger partial charge is 0.228 e. The number of rotatable bonds is 3. The van der Waals surface area contributed by atoms with Crippen molar-refractivity contribution in [3.8, 4) is 0 Å². The van der Waals surface area contributed by atoms with Crippen LogP contribution in [0, 0.1) is 12.8 Å². The molecule has 2 aliphatic heterocycles. The largest absolute Gasteiger partial charge is 0.381 e. The fraction of sp³-hybridized carbons (Fsp3) is 0.500. The second-order valence-corrected chi connectivity index (χ2v) is 8.15. The quantitative estimate of drug-likeness (QED) is 0.846.